The van der Waals surface area contributed by atoms with Crippen LogP contribution in [0, 0.1) is 6.92 Å². The smallest absolute Gasteiger partial charge is 0.307 e. The van der Waals surface area contributed by atoms with Gasteiger partial charge in [-0.1, -0.05) is 35.9 Å². The Morgan fingerprint density at radius 3 is 2.42 bits per heavy atom. The molecule has 0 radical (unpaired) electrons. The van der Waals surface area contributed by atoms with Gasteiger partial charge >= 0.3 is 5.97 Å². The van der Waals surface area contributed by atoms with Gasteiger partial charge in [-0.05, 0) is 65.5 Å². The van der Waals surface area contributed by atoms with E-state index >= 15 is 0 Å². The molecule has 2 aromatic rings. The Bertz CT molecular complexity index is 855. The van der Waals surface area contributed by atoms with Crippen LogP contribution in [0.3, 0.4) is 0 Å². The van der Waals surface area contributed by atoms with E-state index in [-0.39, 0.29) is 6.42 Å². The molecular formula is C21H20O3. The van der Waals surface area contributed by atoms with Gasteiger partial charge in [0.15, 0.2) is 0 Å². The molecule has 3 nitrogen and oxygen atoms in total. The lowest BCUT2D eigenvalue weighted by Crippen LogP contribution is -1.97. The summed E-state index contributed by atoms with van der Waals surface area (Å²) in [5, 5.41) is 9.27. The third-order valence-electron chi connectivity index (χ3n) is 4.42. The number of aryl methyl sites for hydroxylation is 1. The second-order valence-electron chi connectivity index (χ2n) is 6.05. The summed E-state index contributed by atoms with van der Waals surface area (Å²) in [7, 11) is 1.62. The minimum Gasteiger partial charge on any atom is -0.497 e. The van der Waals surface area contributed by atoms with Gasteiger partial charge in [-0.2, -0.15) is 0 Å². The predicted molar refractivity (Wildman–Crippen MR) is 96.9 cm³/mol. The van der Waals surface area contributed by atoms with E-state index in [1.54, 1.807) is 7.11 Å². The van der Waals surface area contributed by atoms with Crippen LogP contribution in [-0.2, 0) is 4.79 Å². The Labute approximate surface area is 141 Å². The first-order chi connectivity index (χ1) is 11.5. The highest BCUT2D eigenvalue weighted by molar-refractivity contribution is 6.07. The Morgan fingerprint density at radius 1 is 1.08 bits per heavy atom. The standard InChI is InChI=1S/C21H20O3/c1-13-4-6-15(7-5-13)10-18-14(2)19(12-21(22)23)20-11-16(24-3)8-9-17(18)20/h4-11H,12H2,1-3H3,(H,22,23)/b18-10+. The summed E-state index contributed by atoms with van der Waals surface area (Å²) >= 11 is 0. The van der Waals surface area contributed by atoms with E-state index in [9.17, 15) is 9.90 Å². The van der Waals surface area contributed by atoms with Crippen LogP contribution in [0.25, 0.3) is 17.2 Å². The van der Waals surface area contributed by atoms with Crippen LogP contribution in [0.5, 0.6) is 5.75 Å². The lowest BCUT2D eigenvalue weighted by Gasteiger charge is -2.07. The maximum Gasteiger partial charge on any atom is 0.307 e. The molecule has 122 valence electrons. The molecule has 0 saturated heterocycles. The van der Waals surface area contributed by atoms with Gasteiger partial charge in [-0.25, -0.2) is 0 Å². The first-order valence-electron chi connectivity index (χ1n) is 7.88. The topological polar surface area (TPSA) is 46.5 Å². The zero-order valence-electron chi connectivity index (χ0n) is 14.1. The third-order valence-corrected chi connectivity index (χ3v) is 4.42. The summed E-state index contributed by atoms with van der Waals surface area (Å²) in [5.74, 6) is -0.0873. The molecule has 0 bridgehead atoms. The fourth-order valence-electron chi connectivity index (χ4n) is 3.10. The van der Waals surface area contributed by atoms with E-state index in [4.69, 9.17) is 4.74 Å². The molecule has 1 aliphatic carbocycles. The van der Waals surface area contributed by atoms with E-state index in [0.29, 0.717) is 0 Å². The zero-order chi connectivity index (χ0) is 17.3. The van der Waals surface area contributed by atoms with Crippen molar-refractivity contribution in [1.29, 1.82) is 0 Å². The first kappa shape index (κ1) is 16.1. The number of aliphatic carboxylic acids is 1. The average molecular weight is 320 g/mol. The number of hydrogen-bond acceptors (Lipinski definition) is 2. The van der Waals surface area contributed by atoms with Crippen molar-refractivity contribution in [2.75, 3.05) is 7.11 Å². The molecule has 24 heavy (non-hydrogen) atoms. The van der Waals surface area contributed by atoms with Crippen molar-refractivity contribution in [3.63, 3.8) is 0 Å². The highest BCUT2D eigenvalue weighted by Crippen LogP contribution is 2.44. The zero-order valence-corrected chi connectivity index (χ0v) is 14.1. The number of fused-ring (bicyclic) bond motifs is 1. The van der Waals surface area contributed by atoms with E-state index in [0.717, 1.165) is 39.2 Å². The predicted octanol–water partition coefficient (Wildman–Crippen LogP) is 4.81. The lowest BCUT2D eigenvalue weighted by molar-refractivity contribution is -0.135. The molecular weight excluding hydrogens is 300 g/mol. The molecule has 0 aliphatic heterocycles. The molecule has 1 aliphatic rings. The van der Waals surface area contributed by atoms with Crippen molar-refractivity contribution in [3.8, 4) is 5.75 Å². The Morgan fingerprint density at radius 2 is 1.79 bits per heavy atom. The minimum absolute atomic E-state index is 0.0111. The number of ether oxygens (including phenoxy) is 1. The van der Waals surface area contributed by atoms with E-state index < -0.39 is 5.97 Å². The second kappa shape index (κ2) is 6.36. The van der Waals surface area contributed by atoms with Gasteiger partial charge in [0.1, 0.15) is 5.75 Å². The number of carboxylic acid groups (broad SMARTS) is 1. The van der Waals surface area contributed by atoms with Crippen LogP contribution in [0.15, 0.2) is 48.0 Å². The number of rotatable bonds is 4. The maximum atomic E-state index is 11.3. The van der Waals surface area contributed by atoms with Crippen molar-refractivity contribution in [1.82, 2.24) is 0 Å². The highest BCUT2D eigenvalue weighted by Gasteiger charge is 2.25. The number of methoxy groups -OCH3 is 1. The molecule has 0 amide bonds. The van der Waals surface area contributed by atoms with Gasteiger partial charge in [0.2, 0.25) is 0 Å². The van der Waals surface area contributed by atoms with Crippen LogP contribution in [0.2, 0.25) is 0 Å². The van der Waals surface area contributed by atoms with Crippen LogP contribution >= 0.6 is 0 Å². The Balaban J connectivity index is 2.15. The molecule has 0 aromatic heterocycles. The van der Waals surface area contributed by atoms with E-state index in [1.807, 2.05) is 25.1 Å². The average Bonchev–Trinajstić information content (AvgIpc) is 2.81. The summed E-state index contributed by atoms with van der Waals surface area (Å²) in [6.07, 6.45) is 2.13. The Hall–Kier alpha value is -2.81. The molecule has 3 rings (SSSR count). The maximum absolute atomic E-state index is 11.3. The van der Waals surface area contributed by atoms with Crippen molar-refractivity contribution >= 4 is 23.2 Å². The molecule has 0 fully saturated rings. The van der Waals surface area contributed by atoms with Crippen LogP contribution < -0.4 is 4.74 Å². The largest absolute Gasteiger partial charge is 0.497 e. The Kier molecular flexibility index (Phi) is 4.26. The molecule has 2 aromatic carbocycles. The number of benzene rings is 2. The monoisotopic (exact) mass is 320 g/mol. The number of allylic oxidation sites excluding steroid dienone is 2. The van der Waals surface area contributed by atoms with Crippen LogP contribution in [0.1, 0.15) is 35.6 Å². The van der Waals surface area contributed by atoms with Crippen molar-refractivity contribution in [2.24, 2.45) is 0 Å². The summed E-state index contributed by atoms with van der Waals surface area (Å²) < 4.78 is 5.31. The van der Waals surface area contributed by atoms with Gasteiger partial charge in [-0.3, -0.25) is 4.79 Å². The van der Waals surface area contributed by atoms with Crippen molar-refractivity contribution < 1.29 is 14.6 Å². The van der Waals surface area contributed by atoms with Crippen molar-refractivity contribution in [2.45, 2.75) is 20.3 Å². The van der Waals surface area contributed by atoms with Gasteiger partial charge in [0.25, 0.3) is 0 Å². The van der Waals surface area contributed by atoms with E-state index in [2.05, 4.69) is 37.3 Å². The van der Waals surface area contributed by atoms with Gasteiger partial charge < -0.3 is 9.84 Å². The minimum atomic E-state index is -0.824. The summed E-state index contributed by atoms with van der Waals surface area (Å²) in [5.41, 5.74) is 7.28. The fraction of sp³-hybridized carbons (Fsp3) is 0.190. The third kappa shape index (κ3) is 2.98. The summed E-state index contributed by atoms with van der Waals surface area (Å²) in [6, 6.07) is 14.2. The van der Waals surface area contributed by atoms with Crippen LogP contribution in [0.4, 0.5) is 0 Å². The lowest BCUT2D eigenvalue weighted by atomic mass is 10.00. The molecule has 0 spiro atoms. The molecule has 1 N–H and O–H groups in total. The number of hydrogen-bond donors (Lipinski definition) is 1. The molecule has 0 saturated carbocycles. The fourth-order valence-corrected chi connectivity index (χ4v) is 3.10. The molecule has 3 heteroatoms. The van der Waals surface area contributed by atoms with E-state index in [1.165, 1.54) is 5.56 Å². The number of carbonyl (C=O) groups is 1. The quantitative estimate of drug-likeness (QED) is 0.879. The SMILES string of the molecule is COc1ccc2c(c1)C(CC(=O)O)=C(C)/C2=C\c1ccc(C)cc1. The first-order valence-corrected chi connectivity index (χ1v) is 7.88. The van der Waals surface area contributed by atoms with Gasteiger partial charge in [-0.15, -0.1) is 0 Å². The second-order valence-corrected chi connectivity index (χ2v) is 6.05. The van der Waals surface area contributed by atoms with Gasteiger partial charge in [0.05, 0.1) is 13.5 Å². The van der Waals surface area contributed by atoms with Crippen molar-refractivity contribution in [3.05, 3.63) is 70.3 Å². The summed E-state index contributed by atoms with van der Waals surface area (Å²) in [6.45, 7) is 4.05. The molecule has 0 heterocycles. The number of carboxylic acids is 1. The van der Waals surface area contributed by atoms with Crippen LogP contribution in [-0.4, -0.2) is 18.2 Å². The highest BCUT2D eigenvalue weighted by atomic mass is 16.5. The normalized spacial score (nSPS) is 14.9. The summed E-state index contributed by atoms with van der Waals surface area (Å²) in [4.78, 5) is 11.3. The molecule has 0 atom stereocenters. The van der Waals surface area contributed by atoms with Gasteiger partial charge in [0, 0.05) is 0 Å². The molecule has 0 unspecified atom stereocenters.